The molecular formula is C15H18O. The van der Waals surface area contributed by atoms with E-state index >= 15 is 0 Å². The van der Waals surface area contributed by atoms with E-state index in [1.54, 1.807) is 25.3 Å². The number of rotatable bonds is 7. The second kappa shape index (κ2) is 7.30. The largest absolute Gasteiger partial charge is 0.497 e. The summed E-state index contributed by atoms with van der Waals surface area (Å²) in [6.07, 6.45) is 8.89. The highest BCUT2D eigenvalue weighted by Crippen LogP contribution is 2.11. The van der Waals surface area contributed by atoms with Gasteiger partial charge in [-0.1, -0.05) is 57.2 Å². The van der Waals surface area contributed by atoms with E-state index < -0.39 is 0 Å². The third-order valence-corrected chi connectivity index (χ3v) is 1.91. The predicted octanol–water partition coefficient (Wildman–Crippen LogP) is 4.11. The first-order valence-electron chi connectivity index (χ1n) is 4.79. The maximum absolute atomic E-state index is 4.90. The van der Waals surface area contributed by atoms with E-state index in [1.807, 2.05) is 12.2 Å². The molecule has 0 aliphatic rings. The fourth-order valence-corrected chi connectivity index (χ4v) is 0.751. The zero-order valence-electron chi connectivity index (χ0n) is 9.83. The summed E-state index contributed by atoms with van der Waals surface area (Å²) in [5.74, 6) is 0.577. The Morgan fingerprint density at radius 1 is 0.875 bits per heavy atom. The Labute approximate surface area is 98.1 Å². The van der Waals surface area contributed by atoms with Crippen LogP contribution in [-0.4, -0.2) is 7.11 Å². The van der Waals surface area contributed by atoms with Crippen molar-refractivity contribution in [2.24, 2.45) is 0 Å². The highest BCUT2D eigenvalue weighted by atomic mass is 16.5. The number of allylic oxidation sites excluding steroid dienone is 8. The number of methoxy groups -OCH3 is 1. The molecule has 0 rings (SSSR count). The molecule has 0 radical (unpaired) electrons. The first kappa shape index (κ1) is 14.0. The molecule has 0 unspecified atom stereocenters. The van der Waals surface area contributed by atoms with Crippen LogP contribution in [0.5, 0.6) is 0 Å². The molecule has 16 heavy (non-hydrogen) atoms. The molecule has 0 bridgehead atoms. The molecule has 84 valence electrons. The maximum Gasteiger partial charge on any atom is 0.111 e. The summed E-state index contributed by atoms with van der Waals surface area (Å²) in [5.41, 5.74) is 2.44. The standard InChI is InChI=1S/C15H18O/c1-7-12(2)8-9-13(3)14(4)10-11-15(5)16-6/h7-11H,1-5H2,6H3. The van der Waals surface area contributed by atoms with E-state index in [0.29, 0.717) is 5.76 Å². The molecule has 1 nitrogen and oxygen atoms in total. The molecule has 0 saturated carbocycles. The lowest BCUT2D eigenvalue weighted by molar-refractivity contribution is 0.309. The van der Waals surface area contributed by atoms with Crippen LogP contribution in [0.2, 0.25) is 0 Å². The number of hydrogen-bond donors (Lipinski definition) is 0. The van der Waals surface area contributed by atoms with Gasteiger partial charge in [-0.25, -0.2) is 0 Å². The van der Waals surface area contributed by atoms with Crippen LogP contribution in [0.4, 0.5) is 0 Å². The lowest BCUT2D eigenvalue weighted by Gasteiger charge is -2.00. The molecule has 0 aromatic rings. The van der Waals surface area contributed by atoms with Gasteiger partial charge in [0.25, 0.3) is 0 Å². The average molecular weight is 214 g/mol. The number of hydrogen-bond acceptors (Lipinski definition) is 1. The molecule has 0 aromatic heterocycles. The van der Waals surface area contributed by atoms with Crippen molar-refractivity contribution in [3.8, 4) is 0 Å². The van der Waals surface area contributed by atoms with Gasteiger partial charge in [-0.05, 0) is 22.8 Å². The topological polar surface area (TPSA) is 9.23 Å². The van der Waals surface area contributed by atoms with E-state index in [-0.39, 0.29) is 0 Å². The summed E-state index contributed by atoms with van der Waals surface area (Å²) in [6.45, 7) is 18.8. The van der Waals surface area contributed by atoms with Crippen LogP contribution in [0.15, 0.2) is 85.8 Å². The quantitative estimate of drug-likeness (QED) is 0.457. The first-order chi connectivity index (χ1) is 7.51. The summed E-state index contributed by atoms with van der Waals surface area (Å²) in [6, 6.07) is 0. The van der Waals surface area contributed by atoms with Crippen LogP contribution >= 0.6 is 0 Å². The monoisotopic (exact) mass is 214 g/mol. The van der Waals surface area contributed by atoms with Gasteiger partial charge in [0.05, 0.1) is 7.11 Å². The lowest BCUT2D eigenvalue weighted by Crippen LogP contribution is -1.81. The maximum atomic E-state index is 4.90. The van der Waals surface area contributed by atoms with Gasteiger partial charge in [-0.3, -0.25) is 0 Å². The smallest absolute Gasteiger partial charge is 0.111 e. The van der Waals surface area contributed by atoms with Crippen molar-refractivity contribution in [1.82, 2.24) is 0 Å². The summed E-state index contributed by atoms with van der Waals surface area (Å²) in [4.78, 5) is 0. The van der Waals surface area contributed by atoms with Crippen molar-refractivity contribution in [2.45, 2.75) is 0 Å². The Bertz CT molecular complexity index is 378. The summed E-state index contributed by atoms with van der Waals surface area (Å²) >= 11 is 0. The summed E-state index contributed by atoms with van der Waals surface area (Å²) in [7, 11) is 1.57. The van der Waals surface area contributed by atoms with Gasteiger partial charge in [0.1, 0.15) is 5.76 Å². The van der Waals surface area contributed by atoms with Crippen LogP contribution in [0.3, 0.4) is 0 Å². The second-order valence-corrected chi connectivity index (χ2v) is 3.17. The number of ether oxygens (including phenoxy) is 1. The van der Waals surface area contributed by atoms with Crippen molar-refractivity contribution in [3.05, 3.63) is 85.8 Å². The Kier molecular flexibility index (Phi) is 6.37. The van der Waals surface area contributed by atoms with Gasteiger partial charge in [0.15, 0.2) is 0 Å². The van der Waals surface area contributed by atoms with Crippen LogP contribution in [0, 0.1) is 0 Å². The Hall–Kier alpha value is -2.02. The fraction of sp³-hybridized carbons (Fsp3) is 0.0667. The van der Waals surface area contributed by atoms with Gasteiger partial charge in [-0.2, -0.15) is 0 Å². The Balaban J connectivity index is 4.41. The zero-order valence-corrected chi connectivity index (χ0v) is 9.83. The van der Waals surface area contributed by atoms with Gasteiger partial charge < -0.3 is 4.74 Å². The van der Waals surface area contributed by atoms with Crippen LogP contribution in [-0.2, 0) is 4.74 Å². The van der Waals surface area contributed by atoms with E-state index in [1.165, 1.54) is 0 Å². The molecule has 0 aromatic carbocycles. The minimum Gasteiger partial charge on any atom is -0.497 e. The van der Waals surface area contributed by atoms with Crippen LogP contribution in [0.25, 0.3) is 0 Å². The minimum atomic E-state index is 0.577. The molecule has 0 amide bonds. The molecule has 0 atom stereocenters. The molecule has 0 fully saturated rings. The zero-order chi connectivity index (χ0) is 12.6. The minimum absolute atomic E-state index is 0.577. The molecule has 0 saturated heterocycles. The Morgan fingerprint density at radius 3 is 1.81 bits per heavy atom. The predicted molar refractivity (Wildman–Crippen MR) is 72.0 cm³/mol. The van der Waals surface area contributed by atoms with Crippen molar-refractivity contribution >= 4 is 0 Å². The molecule has 1 heteroatoms. The Morgan fingerprint density at radius 2 is 1.38 bits per heavy atom. The summed E-state index contributed by atoms with van der Waals surface area (Å²) < 4.78 is 4.90. The van der Waals surface area contributed by atoms with Crippen LogP contribution in [0.1, 0.15) is 0 Å². The first-order valence-corrected chi connectivity index (χ1v) is 4.79. The van der Waals surface area contributed by atoms with Gasteiger partial charge in [0, 0.05) is 0 Å². The molecule has 0 spiro atoms. The van der Waals surface area contributed by atoms with Gasteiger partial charge >= 0.3 is 0 Å². The average Bonchev–Trinajstić information content (AvgIpc) is 2.31. The van der Waals surface area contributed by atoms with E-state index in [0.717, 1.165) is 16.7 Å². The molecule has 0 aliphatic carbocycles. The van der Waals surface area contributed by atoms with Crippen molar-refractivity contribution in [2.75, 3.05) is 7.11 Å². The third kappa shape index (κ3) is 5.66. The third-order valence-electron chi connectivity index (χ3n) is 1.91. The molecule has 0 aliphatic heterocycles. The van der Waals surface area contributed by atoms with Gasteiger partial charge in [-0.15, -0.1) is 0 Å². The highest BCUT2D eigenvalue weighted by Gasteiger charge is 1.92. The fourth-order valence-electron chi connectivity index (χ4n) is 0.751. The van der Waals surface area contributed by atoms with E-state index in [2.05, 4.69) is 32.9 Å². The normalized spacial score (nSPS) is 10.3. The van der Waals surface area contributed by atoms with Crippen molar-refractivity contribution in [3.63, 3.8) is 0 Å². The van der Waals surface area contributed by atoms with Crippen molar-refractivity contribution in [1.29, 1.82) is 0 Å². The lowest BCUT2D eigenvalue weighted by atomic mass is 10.1. The van der Waals surface area contributed by atoms with E-state index in [4.69, 9.17) is 4.74 Å². The molecular weight excluding hydrogens is 196 g/mol. The SMILES string of the molecule is C=CC(=C)C=CC(=C)C(=C)C=CC(=C)OC. The van der Waals surface area contributed by atoms with Gasteiger partial charge in [0.2, 0.25) is 0 Å². The summed E-state index contributed by atoms with van der Waals surface area (Å²) in [5, 5.41) is 0. The van der Waals surface area contributed by atoms with E-state index in [9.17, 15) is 0 Å². The molecule has 0 N–H and O–H groups in total. The highest BCUT2D eigenvalue weighted by molar-refractivity contribution is 5.45. The van der Waals surface area contributed by atoms with Crippen LogP contribution < -0.4 is 0 Å². The molecule has 0 heterocycles. The second-order valence-electron chi connectivity index (χ2n) is 3.17. The van der Waals surface area contributed by atoms with Crippen molar-refractivity contribution < 1.29 is 4.74 Å².